The number of nitrogens with zero attached hydrogens (tertiary/aromatic N) is 2. The quantitative estimate of drug-likeness (QED) is 0.419. The molecule has 1 fully saturated rings. The van der Waals surface area contributed by atoms with E-state index < -0.39 is 38.8 Å². The van der Waals surface area contributed by atoms with Gasteiger partial charge in [0.05, 0.1) is 19.0 Å². The molecule has 0 aliphatic carbocycles. The number of aromatic nitrogens is 2. The summed E-state index contributed by atoms with van der Waals surface area (Å²) in [6, 6.07) is 0. The van der Waals surface area contributed by atoms with Gasteiger partial charge in [0.15, 0.2) is 5.69 Å². The molecule has 2 rings (SSSR count). The molecule has 0 spiro atoms. The molecule has 0 radical (unpaired) electrons. The summed E-state index contributed by atoms with van der Waals surface area (Å²) in [6.45, 7) is -0.512. The molecular formula is C9H14N3O8P. The molecule has 0 aromatic carbocycles. The van der Waals surface area contributed by atoms with Gasteiger partial charge in [0.25, 0.3) is 0 Å². The number of imidazole rings is 1. The molecule has 118 valence electrons. The molecule has 12 heteroatoms. The number of carbonyl (C=O) groups is 1. The molecule has 21 heavy (non-hydrogen) atoms. The summed E-state index contributed by atoms with van der Waals surface area (Å²) in [4.78, 5) is 31.7. The van der Waals surface area contributed by atoms with Crippen molar-refractivity contribution in [2.24, 2.45) is 0 Å². The molecule has 1 aliphatic heterocycles. The van der Waals surface area contributed by atoms with Crippen molar-refractivity contribution in [3.05, 3.63) is 12.0 Å². The van der Waals surface area contributed by atoms with Crippen LogP contribution in [0.3, 0.4) is 0 Å². The molecule has 6 N–H and O–H groups in total. The number of phosphoric ester groups is 1. The van der Waals surface area contributed by atoms with Crippen LogP contribution in [0.1, 0.15) is 23.1 Å². The third-order valence-corrected chi connectivity index (χ3v) is 3.44. The molecule has 0 saturated carbocycles. The SMILES string of the molecule is Nc1c(C(=O)O)ncn1[C@H]1C[C@H](O)[C@@H](COP(=O)(O)O)O1. The van der Waals surface area contributed by atoms with Crippen LogP contribution in [0.4, 0.5) is 5.82 Å². The minimum atomic E-state index is -4.67. The first-order valence-electron chi connectivity index (χ1n) is 5.78. The smallest absolute Gasteiger partial charge is 0.469 e. The first kappa shape index (κ1) is 15.9. The maximum absolute atomic E-state index is 10.8. The number of nitrogens with two attached hydrogens (primary N) is 1. The molecule has 2 heterocycles. The Hall–Kier alpha value is -1.49. The van der Waals surface area contributed by atoms with Crippen LogP contribution in [-0.2, 0) is 13.8 Å². The zero-order valence-corrected chi connectivity index (χ0v) is 11.5. The van der Waals surface area contributed by atoms with Crippen LogP contribution in [0.2, 0.25) is 0 Å². The van der Waals surface area contributed by atoms with Gasteiger partial charge in [-0.15, -0.1) is 0 Å². The van der Waals surface area contributed by atoms with Gasteiger partial charge in [0.2, 0.25) is 0 Å². The van der Waals surface area contributed by atoms with E-state index in [4.69, 9.17) is 25.4 Å². The molecule has 0 unspecified atom stereocenters. The molecule has 0 bridgehead atoms. The Labute approximate surface area is 118 Å². The minimum absolute atomic E-state index is 0.0504. The van der Waals surface area contributed by atoms with E-state index in [9.17, 15) is 14.5 Å². The van der Waals surface area contributed by atoms with Crippen molar-refractivity contribution in [1.82, 2.24) is 9.55 Å². The summed E-state index contributed by atoms with van der Waals surface area (Å²) in [5.41, 5.74) is 5.28. The number of phosphoric acid groups is 1. The lowest BCUT2D eigenvalue weighted by Crippen LogP contribution is -2.25. The van der Waals surface area contributed by atoms with E-state index in [1.165, 1.54) is 4.57 Å². The number of aromatic carboxylic acids is 1. The van der Waals surface area contributed by atoms with Crippen molar-refractivity contribution in [1.29, 1.82) is 0 Å². The number of rotatable bonds is 5. The molecule has 11 nitrogen and oxygen atoms in total. The van der Waals surface area contributed by atoms with Gasteiger partial charge in [-0.2, -0.15) is 0 Å². The van der Waals surface area contributed by atoms with Crippen LogP contribution in [0.15, 0.2) is 6.33 Å². The van der Waals surface area contributed by atoms with Crippen LogP contribution in [0, 0.1) is 0 Å². The zero-order chi connectivity index (χ0) is 15.8. The van der Waals surface area contributed by atoms with Crippen LogP contribution in [0.25, 0.3) is 0 Å². The summed E-state index contributed by atoms with van der Waals surface area (Å²) < 4.78 is 21.5. The molecule has 1 saturated heterocycles. The van der Waals surface area contributed by atoms with E-state index in [1.807, 2.05) is 0 Å². The maximum atomic E-state index is 10.8. The van der Waals surface area contributed by atoms with Gasteiger partial charge in [0, 0.05) is 6.42 Å². The number of hydrogen-bond acceptors (Lipinski definition) is 7. The minimum Gasteiger partial charge on any atom is -0.476 e. The number of hydrogen-bond donors (Lipinski definition) is 5. The Morgan fingerprint density at radius 1 is 1.62 bits per heavy atom. The van der Waals surface area contributed by atoms with Crippen molar-refractivity contribution in [3.8, 4) is 0 Å². The molecule has 0 amide bonds. The molecular weight excluding hydrogens is 309 g/mol. The summed E-state index contributed by atoms with van der Waals surface area (Å²) in [7, 11) is -4.67. The Kier molecular flexibility index (Phi) is 4.33. The Balaban J connectivity index is 2.07. The third kappa shape index (κ3) is 3.59. The molecule has 1 aromatic heterocycles. The second-order valence-electron chi connectivity index (χ2n) is 4.41. The van der Waals surface area contributed by atoms with E-state index in [0.29, 0.717) is 0 Å². The Morgan fingerprint density at radius 2 is 2.29 bits per heavy atom. The topological polar surface area (TPSA) is 177 Å². The Morgan fingerprint density at radius 3 is 2.81 bits per heavy atom. The predicted octanol–water partition coefficient (Wildman–Crippen LogP) is -1.08. The number of aliphatic hydroxyl groups excluding tert-OH is 1. The summed E-state index contributed by atoms with van der Waals surface area (Å²) in [5.74, 6) is -1.44. The van der Waals surface area contributed by atoms with Crippen molar-refractivity contribution in [3.63, 3.8) is 0 Å². The number of ether oxygens (including phenoxy) is 1. The highest BCUT2D eigenvalue weighted by molar-refractivity contribution is 7.46. The number of anilines is 1. The van der Waals surface area contributed by atoms with Crippen LogP contribution in [-0.4, -0.2) is 54.3 Å². The van der Waals surface area contributed by atoms with E-state index >= 15 is 0 Å². The van der Waals surface area contributed by atoms with Gasteiger partial charge in [-0.05, 0) is 0 Å². The molecule has 3 atom stereocenters. The fraction of sp³-hybridized carbons (Fsp3) is 0.556. The van der Waals surface area contributed by atoms with Gasteiger partial charge in [0.1, 0.15) is 18.1 Å². The third-order valence-electron chi connectivity index (χ3n) is 2.96. The van der Waals surface area contributed by atoms with E-state index in [2.05, 4.69) is 9.51 Å². The number of aliphatic hydroxyl groups is 1. The van der Waals surface area contributed by atoms with Crippen LogP contribution in [0.5, 0.6) is 0 Å². The van der Waals surface area contributed by atoms with Gasteiger partial charge in [-0.25, -0.2) is 14.3 Å². The number of nitrogen functional groups attached to an aromatic ring is 1. The first-order valence-corrected chi connectivity index (χ1v) is 7.31. The van der Waals surface area contributed by atoms with Crippen LogP contribution < -0.4 is 5.73 Å². The van der Waals surface area contributed by atoms with Crippen molar-refractivity contribution in [2.75, 3.05) is 12.3 Å². The lowest BCUT2D eigenvalue weighted by Gasteiger charge is -2.16. The van der Waals surface area contributed by atoms with E-state index in [1.54, 1.807) is 0 Å². The molecule has 1 aromatic rings. The largest absolute Gasteiger partial charge is 0.476 e. The van der Waals surface area contributed by atoms with Gasteiger partial charge in [-0.3, -0.25) is 9.09 Å². The number of carboxylic acid groups (broad SMARTS) is 1. The summed E-state index contributed by atoms with van der Waals surface area (Å²) >= 11 is 0. The highest BCUT2D eigenvalue weighted by atomic mass is 31.2. The van der Waals surface area contributed by atoms with Crippen molar-refractivity contribution in [2.45, 2.75) is 24.9 Å². The lowest BCUT2D eigenvalue weighted by atomic mass is 10.2. The fourth-order valence-corrected chi connectivity index (χ4v) is 2.31. The number of carboxylic acids is 1. The van der Waals surface area contributed by atoms with Gasteiger partial charge >= 0.3 is 13.8 Å². The predicted molar refractivity (Wildman–Crippen MR) is 66.1 cm³/mol. The normalized spacial score (nSPS) is 26.1. The summed E-state index contributed by atoms with van der Waals surface area (Å²) in [5, 5.41) is 18.6. The van der Waals surface area contributed by atoms with E-state index in [-0.39, 0.29) is 17.9 Å². The highest BCUT2D eigenvalue weighted by Crippen LogP contribution is 2.38. The highest BCUT2D eigenvalue weighted by Gasteiger charge is 2.37. The van der Waals surface area contributed by atoms with E-state index in [0.717, 1.165) is 6.33 Å². The second kappa shape index (κ2) is 5.72. The average Bonchev–Trinajstić information content (AvgIpc) is 2.89. The standard InChI is InChI=1S/C9H14N3O8P/c10-8-7(9(14)15)11-3-12(8)6-1-4(13)5(20-6)2-19-21(16,17)18/h3-6,13H,1-2,10H2,(H,14,15)(H2,16,17,18)/t4-,5+,6+/m0/s1. The maximum Gasteiger partial charge on any atom is 0.469 e. The van der Waals surface area contributed by atoms with Gasteiger partial charge < -0.3 is 30.5 Å². The first-order chi connectivity index (χ1) is 9.69. The lowest BCUT2D eigenvalue weighted by molar-refractivity contribution is -0.0429. The second-order valence-corrected chi connectivity index (χ2v) is 5.65. The fourth-order valence-electron chi connectivity index (χ4n) is 1.97. The Bertz CT molecular complexity index is 584. The monoisotopic (exact) mass is 323 g/mol. The zero-order valence-electron chi connectivity index (χ0n) is 10.6. The van der Waals surface area contributed by atoms with Crippen LogP contribution >= 0.6 is 7.82 Å². The van der Waals surface area contributed by atoms with Crippen molar-refractivity contribution >= 4 is 19.6 Å². The average molecular weight is 323 g/mol. The summed E-state index contributed by atoms with van der Waals surface area (Å²) in [6.07, 6.45) is -1.61. The molecule has 1 aliphatic rings. The van der Waals surface area contributed by atoms with Gasteiger partial charge in [-0.1, -0.05) is 0 Å². The van der Waals surface area contributed by atoms with Crippen molar-refractivity contribution < 1.29 is 38.6 Å².